The van der Waals surface area contributed by atoms with Gasteiger partial charge in [0.15, 0.2) is 5.96 Å². The first-order chi connectivity index (χ1) is 21.6. The normalized spacial score (nSPS) is 17.1. The van der Waals surface area contributed by atoms with E-state index in [0.29, 0.717) is 19.5 Å². The smallest absolute Gasteiger partial charge is 0.198 e. The molecule has 1 N–H and O–H groups in total. The van der Waals surface area contributed by atoms with Gasteiger partial charge in [0.05, 0.1) is 24.7 Å². The highest BCUT2D eigenvalue weighted by Crippen LogP contribution is 2.48. The van der Waals surface area contributed by atoms with E-state index < -0.39 is 0 Å². The Kier molecular flexibility index (Phi) is 9.19. The Bertz CT molecular complexity index is 1570. The Morgan fingerprint density at radius 2 is 0.932 bits per heavy atom. The van der Waals surface area contributed by atoms with Crippen molar-refractivity contribution in [2.45, 2.75) is 51.5 Å². The number of hydrogen-bond donors (Lipinski definition) is 1. The number of guanidine groups is 1. The van der Waals surface area contributed by atoms with Crippen molar-refractivity contribution in [1.82, 2.24) is 9.80 Å². The number of aryl methyl sites for hydroxylation is 2. The van der Waals surface area contributed by atoms with E-state index in [-0.39, 0.29) is 24.7 Å². The molecule has 1 aliphatic rings. The molecule has 44 heavy (non-hydrogen) atoms. The van der Waals surface area contributed by atoms with Crippen LogP contribution in [-0.4, -0.2) is 33.5 Å². The first-order valence-corrected chi connectivity index (χ1v) is 15.6. The second-order valence-corrected chi connectivity index (χ2v) is 11.8. The maximum absolute atomic E-state index is 10.7. The average molecular weight is 580 g/mol. The minimum atomic E-state index is -0.280. The molecule has 4 heteroatoms. The zero-order valence-corrected chi connectivity index (χ0v) is 25.6. The van der Waals surface area contributed by atoms with Gasteiger partial charge in [-0.3, -0.25) is 0 Å². The van der Waals surface area contributed by atoms with Gasteiger partial charge in [0.1, 0.15) is 0 Å². The molecule has 1 saturated heterocycles. The number of aliphatic hydroxyl groups is 1. The Hall–Kier alpha value is -4.67. The van der Waals surface area contributed by atoms with Crippen molar-refractivity contribution in [1.29, 1.82) is 0 Å². The molecule has 0 saturated carbocycles. The average Bonchev–Trinajstić information content (AvgIpc) is 3.33. The number of nitrogens with zero attached hydrogens (tertiary/aromatic N) is 3. The fraction of sp³-hybridized carbons (Fsp3) is 0.225. The lowest BCUT2D eigenvalue weighted by molar-refractivity contribution is 0.261. The summed E-state index contributed by atoms with van der Waals surface area (Å²) in [5, 5.41) is 10.7. The van der Waals surface area contributed by atoms with Gasteiger partial charge in [-0.25, -0.2) is 4.99 Å². The van der Waals surface area contributed by atoms with E-state index in [1.54, 1.807) is 0 Å². The van der Waals surface area contributed by atoms with Crippen LogP contribution in [0.5, 0.6) is 0 Å². The maximum atomic E-state index is 10.7. The number of hydrogen-bond acceptors (Lipinski definition) is 2. The number of benzene rings is 5. The molecule has 5 aromatic carbocycles. The molecule has 0 amide bonds. The quantitative estimate of drug-likeness (QED) is 0.182. The highest BCUT2D eigenvalue weighted by atomic mass is 16.3. The van der Waals surface area contributed by atoms with Crippen molar-refractivity contribution in [3.63, 3.8) is 0 Å². The third-order valence-electron chi connectivity index (χ3n) is 8.71. The third kappa shape index (κ3) is 6.46. The standard InChI is InChI=1S/C40H41N3O/c1-30-16-12-14-24-36(30)38-39(37-25-15-13-17-31(37)2)43(28-34-22-10-5-11-23-34)40(42(38)27-33-20-8-4-9-21-33)41-35(29-44)26-32-18-6-3-7-19-32/h3-25,35,38-39,44H,26-29H2,1-2H3/t35-,38+,39+/m1/s1. The van der Waals surface area contributed by atoms with Crippen LogP contribution in [0.3, 0.4) is 0 Å². The molecule has 1 fully saturated rings. The predicted octanol–water partition coefficient (Wildman–Crippen LogP) is 8.06. The summed E-state index contributed by atoms with van der Waals surface area (Å²) >= 11 is 0. The van der Waals surface area contributed by atoms with Crippen LogP contribution < -0.4 is 0 Å². The highest BCUT2D eigenvalue weighted by Gasteiger charge is 2.46. The molecule has 5 aromatic rings. The SMILES string of the molecule is Cc1ccccc1[C@H]1[C@H](c2ccccc2C)N(Cc2ccccc2)C(=N[C@@H](CO)Cc2ccccc2)N1Cc1ccccc1. The lowest BCUT2D eigenvalue weighted by atomic mass is 9.88. The molecule has 0 radical (unpaired) electrons. The van der Waals surface area contributed by atoms with Gasteiger partial charge in [-0.15, -0.1) is 0 Å². The van der Waals surface area contributed by atoms with E-state index in [1.807, 2.05) is 6.07 Å². The van der Waals surface area contributed by atoms with Crippen LogP contribution in [0.4, 0.5) is 0 Å². The van der Waals surface area contributed by atoms with Crippen LogP contribution in [0.25, 0.3) is 0 Å². The Balaban J connectivity index is 1.57. The summed E-state index contributed by atoms with van der Waals surface area (Å²) in [6, 6.07) is 49.0. The second kappa shape index (κ2) is 13.7. The summed E-state index contributed by atoms with van der Waals surface area (Å²) in [5.41, 5.74) is 8.74. The Morgan fingerprint density at radius 3 is 1.34 bits per heavy atom. The van der Waals surface area contributed by atoms with E-state index in [0.717, 1.165) is 5.96 Å². The monoisotopic (exact) mass is 579 g/mol. The van der Waals surface area contributed by atoms with E-state index >= 15 is 0 Å². The summed E-state index contributed by atoms with van der Waals surface area (Å²) in [7, 11) is 0. The van der Waals surface area contributed by atoms with Crippen LogP contribution >= 0.6 is 0 Å². The number of rotatable bonds is 10. The van der Waals surface area contributed by atoms with Gasteiger partial charge in [0, 0.05) is 13.1 Å². The van der Waals surface area contributed by atoms with Gasteiger partial charge in [0.25, 0.3) is 0 Å². The Labute approximate surface area is 262 Å². The van der Waals surface area contributed by atoms with Crippen molar-refractivity contribution < 1.29 is 5.11 Å². The predicted molar refractivity (Wildman–Crippen MR) is 180 cm³/mol. The zero-order valence-electron chi connectivity index (χ0n) is 25.6. The lowest BCUT2D eigenvalue weighted by Crippen LogP contribution is -2.36. The third-order valence-corrected chi connectivity index (χ3v) is 8.71. The molecular formula is C40H41N3O. The van der Waals surface area contributed by atoms with Crippen molar-refractivity contribution in [3.8, 4) is 0 Å². The summed E-state index contributed by atoms with van der Waals surface area (Å²) < 4.78 is 0. The number of aliphatic hydroxyl groups excluding tert-OH is 1. The Morgan fingerprint density at radius 1 is 0.545 bits per heavy atom. The van der Waals surface area contributed by atoms with Gasteiger partial charge >= 0.3 is 0 Å². The van der Waals surface area contributed by atoms with Gasteiger partial charge in [0.2, 0.25) is 0 Å². The molecule has 1 aliphatic heterocycles. The van der Waals surface area contributed by atoms with Gasteiger partial charge in [-0.1, -0.05) is 140 Å². The molecule has 0 spiro atoms. The highest BCUT2D eigenvalue weighted by molar-refractivity contribution is 5.84. The summed E-state index contributed by atoms with van der Waals surface area (Å²) in [5.74, 6) is 0.925. The molecule has 4 nitrogen and oxygen atoms in total. The first-order valence-electron chi connectivity index (χ1n) is 15.6. The zero-order chi connectivity index (χ0) is 30.3. The molecule has 1 heterocycles. The van der Waals surface area contributed by atoms with Crippen LogP contribution in [0.1, 0.15) is 51.0 Å². The fourth-order valence-electron chi connectivity index (χ4n) is 6.52. The van der Waals surface area contributed by atoms with Gasteiger partial charge in [-0.2, -0.15) is 0 Å². The van der Waals surface area contributed by atoms with Crippen LogP contribution in [0.2, 0.25) is 0 Å². The fourth-order valence-corrected chi connectivity index (χ4v) is 6.52. The van der Waals surface area contributed by atoms with Crippen LogP contribution in [0, 0.1) is 13.8 Å². The molecule has 3 atom stereocenters. The van der Waals surface area contributed by atoms with E-state index in [9.17, 15) is 5.11 Å². The summed E-state index contributed by atoms with van der Waals surface area (Å²) in [4.78, 5) is 10.5. The van der Waals surface area contributed by atoms with Crippen molar-refractivity contribution in [2.75, 3.05) is 6.61 Å². The minimum Gasteiger partial charge on any atom is -0.394 e. The topological polar surface area (TPSA) is 39.1 Å². The molecule has 0 aliphatic carbocycles. The van der Waals surface area contributed by atoms with E-state index in [1.165, 1.54) is 38.9 Å². The summed E-state index contributed by atoms with van der Waals surface area (Å²) in [6.07, 6.45) is 0.670. The lowest BCUT2D eigenvalue weighted by Gasteiger charge is -2.31. The van der Waals surface area contributed by atoms with Crippen molar-refractivity contribution in [2.24, 2.45) is 4.99 Å². The van der Waals surface area contributed by atoms with Crippen molar-refractivity contribution in [3.05, 3.63) is 178 Å². The van der Waals surface area contributed by atoms with Crippen LogP contribution in [0.15, 0.2) is 145 Å². The minimum absolute atomic E-state index is 0.0102. The first kappa shape index (κ1) is 29.4. The maximum Gasteiger partial charge on any atom is 0.198 e. The molecule has 222 valence electrons. The molecule has 0 unspecified atom stereocenters. The van der Waals surface area contributed by atoms with Gasteiger partial charge < -0.3 is 14.9 Å². The van der Waals surface area contributed by atoms with Crippen LogP contribution in [-0.2, 0) is 19.5 Å². The van der Waals surface area contributed by atoms with E-state index in [4.69, 9.17) is 4.99 Å². The van der Waals surface area contributed by atoms with E-state index in [2.05, 4.69) is 157 Å². The molecule has 0 bridgehead atoms. The van der Waals surface area contributed by atoms with Crippen molar-refractivity contribution >= 4 is 5.96 Å². The second-order valence-electron chi connectivity index (χ2n) is 11.8. The van der Waals surface area contributed by atoms with Gasteiger partial charge in [-0.05, 0) is 59.2 Å². The molecule has 6 rings (SSSR count). The molecular weight excluding hydrogens is 538 g/mol. The summed E-state index contributed by atoms with van der Waals surface area (Å²) in [6.45, 7) is 5.81. The number of aliphatic imine (C=N–C) groups is 1. The largest absolute Gasteiger partial charge is 0.394 e. The molecule has 0 aromatic heterocycles.